The number of nitrogens with one attached hydrogen (secondary N) is 1. The first-order valence-electron chi connectivity index (χ1n) is 7.75. The molecule has 0 aliphatic carbocycles. The Kier molecular flexibility index (Phi) is 5.22. The number of alkyl halides is 3. The lowest BCUT2D eigenvalue weighted by Gasteiger charge is -2.28. The zero-order valence-electron chi connectivity index (χ0n) is 13.3. The Balaban J connectivity index is 1.68. The molecule has 0 spiro atoms. The fourth-order valence-corrected chi connectivity index (χ4v) is 2.45. The third-order valence-electron chi connectivity index (χ3n) is 3.61. The predicted molar refractivity (Wildman–Crippen MR) is 84.6 cm³/mol. The summed E-state index contributed by atoms with van der Waals surface area (Å²) in [5, 5.41) is 3.24. The van der Waals surface area contributed by atoms with E-state index in [1.165, 1.54) is 24.4 Å². The van der Waals surface area contributed by atoms with Crippen molar-refractivity contribution in [1.29, 1.82) is 0 Å². The molecule has 1 aliphatic heterocycles. The topological polar surface area (TPSA) is 59.5 Å². The number of piperazine rings is 1. The maximum absolute atomic E-state index is 12.4. The van der Waals surface area contributed by atoms with E-state index in [0.717, 1.165) is 26.2 Å². The van der Waals surface area contributed by atoms with Crippen molar-refractivity contribution in [3.05, 3.63) is 42.2 Å². The van der Waals surface area contributed by atoms with Crippen LogP contribution in [0.2, 0.25) is 0 Å². The number of ether oxygens (including phenoxy) is 2. The van der Waals surface area contributed by atoms with Crippen molar-refractivity contribution in [1.82, 2.24) is 15.3 Å². The van der Waals surface area contributed by atoms with Crippen LogP contribution in [0.3, 0.4) is 0 Å². The van der Waals surface area contributed by atoms with Crippen molar-refractivity contribution in [2.45, 2.75) is 13.0 Å². The van der Waals surface area contributed by atoms with Gasteiger partial charge in [0.1, 0.15) is 12.4 Å². The third kappa shape index (κ3) is 4.96. The van der Waals surface area contributed by atoms with Gasteiger partial charge in [0.15, 0.2) is 5.82 Å². The zero-order chi connectivity index (χ0) is 17.7. The Bertz CT molecular complexity index is 706. The molecular weight excluding hydrogens is 337 g/mol. The summed E-state index contributed by atoms with van der Waals surface area (Å²) in [5.41, 5.74) is 0.272. The SMILES string of the molecule is FC(F)(F)Oc1ccccc1COc1cncc(N2CCNCC2)n1. The Morgan fingerprint density at radius 2 is 1.88 bits per heavy atom. The van der Waals surface area contributed by atoms with E-state index in [1.54, 1.807) is 12.3 Å². The second kappa shape index (κ2) is 7.56. The fourth-order valence-electron chi connectivity index (χ4n) is 2.45. The van der Waals surface area contributed by atoms with Crippen molar-refractivity contribution < 1.29 is 22.6 Å². The molecule has 1 aliphatic rings. The molecule has 6 nitrogen and oxygen atoms in total. The molecule has 25 heavy (non-hydrogen) atoms. The zero-order valence-corrected chi connectivity index (χ0v) is 13.3. The maximum Gasteiger partial charge on any atom is 0.573 e. The number of hydrogen-bond donors (Lipinski definition) is 1. The summed E-state index contributed by atoms with van der Waals surface area (Å²) >= 11 is 0. The smallest absolute Gasteiger partial charge is 0.472 e. The van der Waals surface area contributed by atoms with E-state index in [4.69, 9.17) is 4.74 Å². The highest BCUT2D eigenvalue weighted by atomic mass is 19.4. The molecule has 0 radical (unpaired) electrons. The number of halogens is 3. The van der Waals surface area contributed by atoms with Crippen LogP contribution >= 0.6 is 0 Å². The third-order valence-corrected chi connectivity index (χ3v) is 3.61. The maximum atomic E-state index is 12.4. The molecule has 1 saturated heterocycles. The average molecular weight is 354 g/mol. The van der Waals surface area contributed by atoms with Gasteiger partial charge in [-0.3, -0.25) is 4.98 Å². The molecule has 0 amide bonds. The first-order chi connectivity index (χ1) is 12.0. The first kappa shape index (κ1) is 17.3. The Morgan fingerprint density at radius 1 is 1.12 bits per heavy atom. The molecular formula is C16H17F3N4O2. The second-order valence-corrected chi connectivity index (χ2v) is 5.40. The number of rotatable bonds is 5. The van der Waals surface area contributed by atoms with Crippen molar-refractivity contribution in [2.75, 3.05) is 31.1 Å². The van der Waals surface area contributed by atoms with E-state index in [1.807, 2.05) is 0 Å². The lowest BCUT2D eigenvalue weighted by atomic mass is 10.2. The van der Waals surface area contributed by atoms with Crippen LogP contribution in [-0.4, -0.2) is 42.5 Å². The molecule has 0 atom stereocenters. The summed E-state index contributed by atoms with van der Waals surface area (Å²) in [6.45, 7) is 3.22. The molecule has 1 aromatic heterocycles. The molecule has 2 heterocycles. The number of hydrogen-bond acceptors (Lipinski definition) is 6. The van der Waals surface area contributed by atoms with Crippen LogP contribution in [0, 0.1) is 0 Å². The van der Waals surface area contributed by atoms with E-state index < -0.39 is 6.36 Å². The summed E-state index contributed by atoms with van der Waals surface area (Å²) in [6, 6.07) is 5.84. The van der Waals surface area contributed by atoms with Crippen LogP contribution in [0.5, 0.6) is 11.6 Å². The van der Waals surface area contributed by atoms with E-state index in [-0.39, 0.29) is 23.8 Å². The number of nitrogens with zero attached hydrogens (tertiary/aromatic N) is 3. The molecule has 0 saturated carbocycles. The van der Waals surface area contributed by atoms with Crippen LogP contribution in [0.1, 0.15) is 5.56 Å². The summed E-state index contributed by atoms with van der Waals surface area (Å²) < 4.78 is 46.9. The van der Waals surface area contributed by atoms with Gasteiger partial charge < -0.3 is 19.7 Å². The van der Waals surface area contributed by atoms with E-state index in [9.17, 15) is 13.2 Å². The molecule has 0 unspecified atom stereocenters. The molecule has 134 valence electrons. The second-order valence-electron chi connectivity index (χ2n) is 5.40. The average Bonchev–Trinajstić information content (AvgIpc) is 2.61. The number of aromatic nitrogens is 2. The summed E-state index contributed by atoms with van der Waals surface area (Å²) in [4.78, 5) is 10.5. The highest BCUT2D eigenvalue weighted by Crippen LogP contribution is 2.27. The van der Waals surface area contributed by atoms with Gasteiger partial charge in [0, 0.05) is 31.7 Å². The van der Waals surface area contributed by atoms with Gasteiger partial charge in [-0.15, -0.1) is 13.2 Å². The van der Waals surface area contributed by atoms with Gasteiger partial charge >= 0.3 is 6.36 Å². The predicted octanol–water partition coefficient (Wildman–Crippen LogP) is 2.36. The van der Waals surface area contributed by atoms with Gasteiger partial charge in [0.05, 0.1) is 12.4 Å². The van der Waals surface area contributed by atoms with Crippen molar-refractivity contribution >= 4 is 5.82 Å². The molecule has 3 rings (SSSR count). The van der Waals surface area contributed by atoms with Crippen LogP contribution < -0.4 is 19.7 Å². The Hall–Kier alpha value is -2.55. The molecule has 2 aromatic rings. The van der Waals surface area contributed by atoms with E-state index in [0.29, 0.717) is 5.82 Å². The highest BCUT2D eigenvalue weighted by molar-refractivity contribution is 5.38. The standard InChI is InChI=1S/C16H17F3N4O2/c17-16(18,19)25-13-4-2-1-3-12(13)11-24-15-10-21-9-14(22-15)23-7-5-20-6-8-23/h1-4,9-10,20H,5-8,11H2. The molecule has 1 N–H and O–H groups in total. The summed E-state index contributed by atoms with van der Waals surface area (Å²) in [6.07, 6.45) is -1.68. The number of para-hydroxylation sites is 1. The lowest BCUT2D eigenvalue weighted by Crippen LogP contribution is -2.43. The van der Waals surface area contributed by atoms with Crippen molar-refractivity contribution in [2.24, 2.45) is 0 Å². The van der Waals surface area contributed by atoms with Gasteiger partial charge in [-0.1, -0.05) is 18.2 Å². The normalized spacial score (nSPS) is 15.1. The fraction of sp³-hybridized carbons (Fsp3) is 0.375. The minimum absolute atomic E-state index is 0.105. The van der Waals surface area contributed by atoms with Crippen LogP contribution in [0.15, 0.2) is 36.7 Å². The van der Waals surface area contributed by atoms with E-state index >= 15 is 0 Å². The molecule has 1 aromatic carbocycles. The quantitative estimate of drug-likeness (QED) is 0.890. The lowest BCUT2D eigenvalue weighted by molar-refractivity contribution is -0.275. The van der Waals surface area contributed by atoms with Gasteiger partial charge in [-0.05, 0) is 6.07 Å². The van der Waals surface area contributed by atoms with Crippen molar-refractivity contribution in [3.63, 3.8) is 0 Å². The highest BCUT2D eigenvalue weighted by Gasteiger charge is 2.32. The monoisotopic (exact) mass is 354 g/mol. The molecule has 1 fully saturated rings. The van der Waals surface area contributed by atoms with Crippen LogP contribution in [0.4, 0.5) is 19.0 Å². The minimum Gasteiger partial charge on any atom is -0.472 e. The van der Waals surface area contributed by atoms with Gasteiger partial charge in [-0.2, -0.15) is 4.98 Å². The Labute approximate surface area is 142 Å². The largest absolute Gasteiger partial charge is 0.573 e. The van der Waals surface area contributed by atoms with E-state index in [2.05, 4.69) is 24.9 Å². The Morgan fingerprint density at radius 3 is 2.64 bits per heavy atom. The van der Waals surface area contributed by atoms with Crippen molar-refractivity contribution in [3.8, 4) is 11.6 Å². The number of anilines is 1. The molecule has 0 bridgehead atoms. The number of benzene rings is 1. The van der Waals surface area contributed by atoms with Gasteiger partial charge in [-0.25, -0.2) is 0 Å². The summed E-state index contributed by atoms with van der Waals surface area (Å²) in [7, 11) is 0. The minimum atomic E-state index is -4.75. The molecule has 9 heteroatoms. The van der Waals surface area contributed by atoms with Crippen LogP contribution in [0.25, 0.3) is 0 Å². The van der Waals surface area contributed by atoms with Crippen LogP contribution in [-0.2, 0) is 6.61 Å². The van der Waals surface area contributed by atoms with Gasteiger partial charge in [0.2, 0.25) is 5.88 Å². The first-order valence-corrected chi connectivity index (χ1v) is 7.75. The summed E-state index contributed by atoms with van der Waals surface area (Å²) in [5.74, 6) is 0.637. The van der Waals surface area contributed by atoms with Gasteiger partial charge in [0.25, 0.3) is 0 Å².